The quantitative estimate of drug-likeness (QED) is 0.346. The number of nitrogens with one attached hydrogen (secondary N) is 2. The van der Waals surface area contributed by atoms with Crippen LogP contribution in [0.2, 0.25) is 0 Å². The van der Waals surface area contributed by atoms with Crippen LogP contribution < -0.4 is 10.6 Å². The summed E-state index contributed by atoms with van der Waals surface area (Å²) in [7, 11) is 0. The van der Waals surface area contributed by atoms with Gasteiger partial charge in [-0.2, -0.15) is 0 Å². The zero-order valence-electron chi connectivity index (χ0n) is 19.3. The van der Waals surface area contributed by atoms with Crippen molar-refractivity contribution in [3.05, 3.63) is 83.3 Å². The standard InChI is InChI=1S/C27H28N2O6/c30-25(31)12-2-1-7-15-28-26(32)24-14-13-18(35-24)16-29-27(33)34-17-23-21-10-5-3-8-19(21)20-9-4-6-11-22(20)23/h3-6,8-11,13-14,23H,1-2,7,12,15-17H2,(H,28,32)(H,29,33)(H,30,31). The first-order valence-electron chi connectivity index (χ1n) is 11.7. The normalized spacial score (nSPS) is 12.0. The molecule has 1 aliphatic carbocycles. The Labute approximate surface area is 203 Å². The van der Waals surface area contributed by atoms with E-state index >= 15 is 0 Å². The lowest BCUT2D eigenvalue weighted by Crippen LogP contribution is -2.25. The predicted octanol–water partition coefficient (Wildman–Crippen LogP) is 4.69. The van der Waals surface area contributed by atoms with E-state index < -0.39 is 12.1 Å². The Hall–Kier alpha value is -4.07. The van der Waals surface area contributed by atoms with Gasteiger partial charge in [0, 0.05) is 18.9 Å². The van der Waals surface area contributed by atoms with Crippen LogP contribution in [0.5, 0.6) is 0 Å². The van der Waals surface area contributed by atoms with Crippen LogP contribution in [0.4, 0.5) is 4.79 Å². The molecule has 0 saturated carbocycles. The highest BCUT2D eigenvalue weighted by Gasteiger charge is 2.29. The maximum Gasteiger partial charge on any atom is 0.407 e. The maximum absolute atomic E-state index is 12.3. The molecule has 3 aromatic rings. The van der Waals surface area contributed by atoms with Crippen LogP contribution in [0.15, 0.2) is 65.1 Å². The number of fused-ring (bicyclic) bond motifs is 3. The Bertz CT molecular complexity index is 1160. The van der Waals surface area contributed by atoms with Gasteiger partial charge < -0.3 is 24.9 Å². The third-order valence-corrected chi connectivity index (χ3v) is 5.99. The number of alkyl carbamates (subject to hydrolysis) is 1. The van der Waals surface area contributed by atoms with Crippen LogP contribution in [-0.4, -0.2) is 36.2 Å². The minimum atomic E-state index is -0.816. The number of rotatable bonds is 11. The van der Waals surface area contributed by atoms with Crippen LogP contribution in [0.25, 0.3) is 11.1 Å². The number of unbranched alkanes of at least 4 members (excludes halogenated alkanes) is 2. The van der Waals surface area contributed by atoms with Gasteiger partial charge in [0.05, 0.1) is 6.54 Å². The van der Waals surface area contributed by atoms with E-state index in [1.165, 1.54) is 11.1 Å². The molecular formula is C27H28N2O6. The Kier molecular flexibility index (Phi) is 7.82. The number of carbonyl (C=O) groups excluding carboxylic acids is 2. The van der Waals surface area contributed by atoms with Crippen LogP contribution in [-0.2, 0) is 16.1 Å². The SMILES string of the molecule is O=C(O)CCCCCNC(=O)c1ccc(CNC(=O)OCC2c3ccccc3-c3ccccc32)o1. The van der Waals surface area contributed by atoms with E-state index in [9.17, 15) is 14.4 Å². The summed E-state index contributed by atoms with van der Waals surface area (Å²) in [6.45, 7) is 0.754. The number of carboxylic acid groups (broad SMARTS) is 1. The Morgan fingerprint density at radius 1 is 0.857 bits per heavy atom. The monoisotopic (exact) mass is 476 g/mol. The number of furan rings is 1. The average molecular weight is 477 g/mol. The molecule has 182 valence electrons. The number of benzene rings is 2. The van der Waals surface area contributed by atoms with E-state index in [2.05, 4.69) is 34.9 Å². The summed E-state index contributed by atoms with van der Waals surface area (Å²) in [5, 5.41) is 14.0. The van der Waals surface area contributed by atoms with Crippen LogP contribution in [0.3, 0.4) is 0 Å². The first kappa shape index (κ1) is 24.1. The molecule has 35 heavy (non-hydrogen) atoms. The second-order valence-electron chi connectivity index (χ2n) is 8.41. The van der Waals surface area contributed by atoms with E-state index in [1.54, 1.807) is 12.1 Å². The van der Waals surface area contributed by atoms with Gasteiger partial charge in [-0.1, -0.05) is 55.0 Å². The molecule has 0 saturated heterocycles. The molecule has 0 bridgehead atoms. The molecule has 1 aliphatic rings. The summed E-state index contributed by atoms with van der Waals surface area (Å²) in [6, 6.07) is 19.5. The smallest absolute Gasteiger partial charge is 0.407 e. The fourth-order valence-corrected chi connectivity index (χ4v) is 4.27. The molecule has 0 spiro atoms. The minimum absolute atomic E-state index is 0.0174. The van der Waals surface area contributed by atoms with Gasteiger partial charge in [-0.3, -0.25) is 9.59 Å². The number of hydrogen-bond acceptors (Lipinski definition) is 5. The van der Waals surface area contributed by atoms with Crippen LogP contribution >= 0.6 is 0 Å². The summed E-state index contributed by atoms with van der Waals surface area (Å²) in [5.41, 5.74) is 4.62. The molecule has 1 aromatic heterocycles. The number of amides is 2. The van der Waals surface area contributed by atoms with Gasteiger partial charge in [0.15, 0.2) is 5.76 Å². The van der Waals surface area contributed by atoms with E-state index in [4.69, 9.17) is 14.3 Å². The Morgan fingerprint density at radius 2 is 1.54 bits per heavy atom. The zero-order chi connectivity index (χ0) is 24.6. The highest BCUT2D eigenvalue weighted by atomic mass is 16.5. The molecule has 8 heteroatoms. The molecule has 8 nitrogen and oxygen atoms in total. The van der Waals surface area contributed by atoms with E-state index in [-0.39, 0.29) is 37.2 Å². The summed E-state index contributed by atoms with van der Waals surface area (Å²) < 4.78 is 11.0. The second-order valence-corrected chi connectivity index (χ2v) is 8.41. The number of aliphatic carboxylic acids is 1. The Morgan fingerprint density at radius 3 is 2.23 bits per heavy atom. The summed E-state index contributed by atoms with van der Waals surface area (Å²) in [4.78, 5) is 35.0. The average Bonchev–Trinajstić information content (AvgIpc) is 3.46. The highest BCUT2D eigenvalue weighted by Crippen LogP contribution is 2.44. The van der Waals surface area contributed by atoms with Crippen molar-refractivity contribution in [3.8, 4) is 11.1 Å². The van der Waals surface area contributed by atoms with E-state index in [0.717, 1.165) is 17.5 Å². The minimum Gasteiger partial charge on any atom is -0.481 e. The predicted molar refractivity (Wildman–Crippen MR) is 129 cm³/mol. The maximum atomic E-state index is 12.3. The number of carbonyl (C=O) groups is 3. The number of carboxylic acids is 1. The van der Waals surface area contributed by atoms with Gasteiger partial charge in [0.25, 0.3) is 5.91 Å². The van der Waals surface area contributed by atoms with Crippen LogP contribution in [0, 0.1) is 0 Å². The highest BCUT2D eigenvalue weighted by molar-refractivity contribution is 5.91. The van der Waals surface area contributed by atoms with Crippen molar-refractivity contribution in [1.29, 1.82) is 0 Å². The van der Waals surface area contributed by atoms with Crippen LogP contribution in [0.1, 0.15) is 59.0 Å². The van der Waals surface area contributed by atoms with Gasteiger partial charge >= 0.3 is 12.1 Å². The van der Waals surface area contributed by atoms with Crippen molar-refractivity contribution in [2.75, 3.05) is 13.2 Å². The topological polar surface area (TPSA) is 118 Å². The summed E-state index contributed by atoms with van der Waals surface area (Å²) >= 11 is 0. The lowest BCUT2D eigenvalue weighted by Gasteiger charge is -2.14. The van der Waals surface area contributed by atoms with Crippen molar-refractivity contribution in [3.63, 3.8) is 0 Å². The number of ether oxygens (including phenoxy) is 1. The molecule has 2 aromatic carbocycles. The van der Waals surface area contributed by atoms with E-state index in [1.807, 2.05) is 24.3 Å². The summed E-state index contributed by atoms with van der Waals surface area (Å²) in [5.74, 6) is -0.597. The van der Waals surface area contributed by atoms with Crippen molar-refractivity contribution >= 4 is 18.0 Å². The van der Waals surface area contributed by atoms with Crippen molar-refractivity contribution < 1.29 is 28.6 Å². The first-order valence-corrected chi connectivity index (χ1v) is 11.7. The molecular weight excluding hydrogens is 448 g/mol. The Balaban J connectivity index is 1.21. The number of hydrogen-bond donors (Lipinski definition) is 3. The molecule has 0 aliphatic heterocycles. The molecule has 3 N–H and O–H groups in total. The zero-order valence-corrected chi connectivity index (χ0v) is 19.3. The van der Waals surface area contributed by atoms with Crippen molar-refractivity contribution in [2.24, 2.45) is 0 Å². The van der Waals surface area contributed by atoms with Gasteiger partial charge in [-0.15, -0.1) is 0 Å². The van der Waals surface area contributed by atoms with Crippen molar-refractivity contribution in [1.82, 2.24) is 10.6 Å². The lowest BCUT2D eigenvalue weighted by molar-refractivity contribution is -0.137. The fraction of sp³-hybridized carbons (Fsp3) is 0.296. The van der Waals surface area contributed by atoms with Gasteiger partial charge in [0.2, 0.25) is 0 Å². The van der Waals surface area contributed by atoms with Gasteiger partial charge in [0.1, 0.15) is 12.4 Å². The third kappa shape index (κ3) is 6.09. The molecule has 0 fully saturated rings. The molecule has 2 amide bonds. The second kappa shape index (κ2) is 11.4. The summed E-state index contributed by atoms with van der Waals surface area (Å²) in [6.07, 6.45) is 1.57. The molecule has 0 unspecified atom stereocenters. The van der Waals surface area contributed by atoms with E-state index in [0.29, 0.717) is 25.1 Å². The fourth-order valence-electron chi connectivity index (χ4n) is 4.27. The van der Waals surface area contributed by atoms with Gasteiger partial charge in [-0.25, -0.2) is 4.79 Å². The first-order chi connectivity index (χ1) is 17.0. The molecule has 4 rings (SSSR count). The third-order valence-electron chi connectivity index (χ3n) is 5.99. The molecule has 1 heterocycles. The molecule has 0 atom stereocenters. The molecule has 0 radical (unpaired) electrons. The van der Waals surface area contributed by atoms with Crippen molar-refractivity contribution in [2.45, 2.75) is 38.1 Å². The largest absolute Gasteiger partial charge is 0.481 e. The lowest BCUT2D eigenvalue weighted by atomic mass is 9.98. The van der Waals surface area contributed by atoms with Gasteiger partial charge in [-0.05, 0) is 47.2 Å².